The predicted molar refractivity (Wildman–Crippen MR) is 98.0 cm³/mol. The van der Waals surface area contributed by atoms with Crippen LogP contribution in [0, 0.1) is 0 Å². The summed E-state index contributed by atoms with van der Waals surface area (Å²) < 4.78 is 11.5. The summed E-state index contributed by atoms with van der Waals surface area (Å²) in [5, 5.41) is 39.6. The minimum absolute atomic E-state index is 0.442. The molecule has 6 heteroatoms. The third kappa shape index (κ3) is 5.41. The van der Waals surface area contributed by atoms with Gasteiger partial charge in [0, 0.05) is 5.56 Å². The Morgan fingerprint density at radius 2 is 1.62 bits per heavy atom. The van der Waals surface area contributed by atoms with E-state index in [1.54, 1.807) is 18.2 Å². The van der Waals surface area contributed by atoms with Crippen molar-refractivity contribution in [3.05, 3.63) is 29.8 Å². The lowest BCUT2D eigenvalue weighted by Gasteiger charge is -2.40. The van der Waals surface area contributed by atoms with Crippen molar-refractivity contribution in [2.45, 2.75) is 76.0 Å². The van der Waals surface area contributed by atoms with Crippen LogP contribution in [0.1, 0.15) is 57.1 Å². The standard InChI is InChI=1S/C20H32O6/c1-2-3-4-5-6-9-12-25-15-11-8-7-10-14(15)20-19(24)18(23)17(22)16(13-21)26-20/h7-8,10-11,16-24H,2-6,9,12-13H2,1H3/t16-,17-,18+,19+,20?/m1/s1. The summed E-state index contributed by atoms with van der Waals surface area (Å²) in [5.41, 5.74) is 0.607. The van der Waals surface area contributed by atoms with Crippen LogP contribution >= 0.6 is 0 Å². The van der Waals surface area contributed by atoms with E-state index in [9.17, 15) is 20.4 Å². The molecule has 26 heavy (non-hydrogen) atoms. The highest BCUT2D eigenvalue weighted by Gasteiger charge is 2.44. The fraction of sp³-hybridized carbons (Fsp3) is 0.700. The van der Waals surface area contributed by atoms with Gasteiger partial charge in [0.25, 0.3) is 0 Å². The van der Waals surface area contributed by atoms with Gasteiger partial charge >= 0.3 is 0 Å². The quantitative estimate of drug-likeness (QED) is 0.471. The van der Waals surface area contributed by atoms with E-state index in [1.807, 2.05) is 6.07 Å². The van der Waals surface area contributed by atoms with Crippen molar-refractivity contribution < 1.29 is 29.9 Å². The van der Waals surface area contributed by atoms with Crippen LogP contribution in [0.2, 0.25) is 0 Å². The van der Waals surface area contributed by atoms with E-state index in [1.165, 1.54) is 25.7 Å². The number of hydrogen-bond donors (Lipinski definition) is 4. The predicted octanol–water partition coefficient (Wildman–Crippen LogP) is 1.94. The molecule has 1 aromatic rings. The maximum Gasteiger partial charge on any atom is 0.125 e. The summed E-state index contributed by atoms with van der Waals surface area (Å²) in [4.78, 5) is 0. The topological polar surface area (TPSA) is 99.4 Å². The van der Waals surface area contributed by atoms with Gasteiger partial charge in [0.2, 0.25) is 0 Å². The molecule has 2 rings (SSSR count). The van der Waals surface area contributed by atoms with E-state index >= 15 is 0 Å². The highest BCUT2D eigenvalue weighted by atomic mass is 16.5. The Labute approximate surface area is 155 Å². The number of benzene rings is 1. The van der Waals surface area contributed by atoms with Gasteiger partial charge in [-0.05, 0) is 12.5 Å². The van der Waals surface area contributed by atoms with Gasteiger partial charge in [-0.1, -0.05) is 57.2 Å². The molecule has 1 aromatic carbocycles. The van der Waals surface area contributed by atoms with Crippen LogP contribution in [0.3, 0.4) is 0 Å². The molecule has 0 aromatic heterocycles. The molecule has 148 valence electrons. The number of hydrogen-bond acceptors (Lipinski definition) is 6. The third-order valence-electron chi connectivity index (χ3n) is 4.87. The minimum atomic E-state index is -1.39. The summed E-state index contributed by atoms with van der Waals surface area (Å²) in [6.45, 7) is 2.32. The van der Waals surface area contributed by atoms with Crippen molar-refractivity contribution in [2.75, 3.05) is 13.2 Å². The van der Waals surface area contributed by atoms with E-state index in [4.69, 9.17) is 9.47 Å². The molecule has 0 aliphatic carbocycles. The first-order valence-corrected chi connectivity index (χ1v) is 9.62. The van der Waals surface area contributed by atoms with Crippen molar-refractivity contribution in [2.24, 2.45) is 0 Å². The molecule has 4 N–H and O–H groups in total. The molecule has 0 bridgehead atoms. The van der Waals surface area contributed by atoms with E-state index in [0.717, 1.165) is 12.8 Å². The molecule has 1 aliphatic rings. The smallest absolute Gasteiger partial charge is 0.125 e. The molecule has 1 saturated heterocycles. The second-order valence-corrected chi connectivity index (χ2v) is 6.90. The van der Waals surface area contributed by atoms with Gasteiger partial charge in [-0.15, -0.1) is 0 Å². The highest BCUT2D eigenvalue weighted by molar-refractivity contribution is 5.36. The van der Waals surface area contributed by atoms with E-state index in [0.29, 0.717) is 17.9 Å². The zero-order chi connectivity index (χ0) is 18.9. The number of para-hydroxylation sites is 1. The summed E-state index contributed by atoms with van der Waals surface area (Å²) in [6, 6.07) is 7.20. The van der Waals surface area contributed by atoms with E-state index in [2.05, 4.69) is 6.92 Å². The maximum atomic E-state index is 10.3. The molecule has 1 fully saturated rings. The van der Waals surface area contributed by atoms with Crippen molar-refractivity contribution >= 4 is 0 Å². The Morgan fingerprint density at radius 1 is 0.923 bits per heavy atom. The van der Waals surface area contributed by atoms with Crippen LogP contribution < -0.4 is 4.74 Å². The highest BCUT2D eigenvalue weighted by Crippen LogP contribution is 2.36. The molecule has 1 aliphatic heterocycles. The van der Waals surface area contributed by atoms with Crippen molar-refractivity contribution in [3.8, 4) is 5.75 Å². The van der Waals surface area contributed by atoms with Crippen LogP contribution in [0.25, 0.3) is 0 Å². The normalized spacial score (nSPS) is 28.9. The first-order valence-electron chi connectivity index (χ1n) is 9.62. The van der Waals surface area contributed by atoms with Crippen molar-refractivity contribution in [3.63, 3.8) is 0 Å². The second kappa shape index (κ2) is 10.8. The zero-order valence-electron chi connectivity index (χ0n) is 15.5. The van der Waals surface area contributed by atoms with E-state index < -0.39 is 37.1 Å². The van der Waals surface area contributed by atoms with Crippen molar-refractivity contribution in [1.29, 1.82) is 0 Å². The SMILES string of the molecule is CCCCCCCCOc1ccccc1C1O[C@H](CO)[C@@H](O)[C@H](O)[C@@H]1O. The molecule has 1 unspecified atom stereocenters. The summed E-state index contributed by atoms with van der Waals surface area (Å²) in [7, 11) is 0. The van der Waals surface area contributed by atoms with Crippen LogP contribution in [0.15, 0.2) is 24.3 Å². The summed E-state index contributed by atoms with van der Waals surface area (Å²) in [5.74, 6) is 0.588. The fourth-order valence-electron chi connectivity index (χ4n) is 3.27. The lowest BCUT2D eigenvalue weighted by atomic mass is 9.91. The van der Waals surface area contributed by atoms with Crippen molar-refractivity contribution in [1.82, 2.24) is 0 Å². The second-order valence-electron chi connectivity index (χ2n) is 6.90. The van der Waals surface area contributed by atoms with Gasteiger partial charge in [0.15, 0.2) is 0 Å². The molecule has 0 radical (unpaired) electrons. The van der Waals surface area contributed by atoms with Crippen LogP contribution in [-0.4, -0.2) is 58.1 Å². The average Bonchev–Trinajstić information content (AvgIpc) is 2.66. The van der Waals surface area contributed by atoms with E-state index in [-0.39, 0.29) is 0 Å². The molecule has 0 spiro atoms. The molecule has 0 amide bonds. The van der Waals surface area contributed by atoms with Crippen LogP contribution in [0.5, 0.6) is 5.75 Å². The Bertz CT molecular complexity index is 521. The zero-order valence-corrected chi connectivity index (χ0v) is 15.5. The van der Waals surface area contributed by atoms with Crippen LogP contribution in [-0.2, 0) is 4.74 Å². The summed E-state index contributed by atoms with van der Waals surface area (Å²) >= 11 is 0. The average molecular weight is 368 g/mol. The maximum absolute atomic E-state index is 10.3. The molecular formula is C20H32O6. The Morgan fingerprint density at radius 3 is 2.35 bits per heavy atom. The number of aliphatic hydroxyl groups excluding tert-OH is 4. The molecule has 0 saturated carbocycles. The van der Waals surface area contributed by atoms with Gasteiger partial charge in [0.05, 0.1) is 13.2 Å². The molecular weight excluding hydrogens is 336 g/mol. The van der Waals surface area contributed by atoms with Gasteiger partial charge in [-0.2, -0.15) is 0 Å². The lowest BCUT2D eigenvalue weighted by molar-refractivity contribution is -0.232. The molecule has 5 atom stereocenters. The van der Waals surface area contributed by atoms with Gasteiger partial charge in [0.1, 0.15) is 36.3 Å². The first kappa shape index (κ1) is 21.1. The third-order valence-corrected chi connectivity index (χ3v) is 4.87. The number of unbranched alkanes of at least 4 members (excludes halogenated alkanes) is 5. The summed E-state index contributed by atoms with van der Waals surface area (Å²) in [6.07, 6.45) is 1.16. The number of rotatable bonds is 10. The number of ether oxygens (including phenoxy) is 2. The van der Waals surface area contributed by atoms with Gasteiger partial charge < -0.3 is 29.9 Å². The Hall–Kier alpha value is -1.18. The lowest BCUT2D eigenvalue weighted by Crippen LogP contribution is -2.55. The largest absolute Gasteiger partial charge is 0.493 e. The molecule has 6 nitrogen and oxygen atoms in total. The monoisotopic (exact) mass is 368 g/mol. The van der Waals surface area contributed by atoms with Crippen LogP contribution in [0.4, 0.5) is 0 Å². The fourth-order valence-corrected chi connectivity index (χ4v) is 3.27. The first-order chi connectivity index (χ1) is 12.6. The number of aliphatic hydroxyl groups is 4. The molecule has 1 heterocycles. The van der Waals surface area contributed by atoms with Gasteiger partial charge in [-0.3, -0.25) is 0 Å². The minimum Gasteiger partial charge on any atom is -0.493 e. The van der Waals surface area contributed by atoms with Gasteiger partial charge in [-0.25, -0.2) is 0 Å². The Balaban J connectivity index is 1.97. The Kier molecular flexibility index (Phi) is 8.81.